The zero-order valence-electron chi connectivity index (χ0n) is 12.3. The normalized spacial score (nSPS) is 12.3. The van der Waals surface area contributed by atoms with Gasteiger partial charge in [0, 0.05) is 12.6 Å². The summed E-state index contributed by atoms with van der Waals surface area (Å²) in [6.07, 6.45) is 2.14. The molecule has 2 rings (SSSR count). The lowest BCUT2D eigenvalue weighted by molar-refractivity contribution is 0.474. The molecule has 0 heterocycles. The third-order valence-corrected chi connectivity index (χ3v) is 3.69. The summed E-state index contributed by atoms with van der Waals surface area (Å²) >= 11 is 0. The van der Waals surface area contributed by atoms with Crippen LogP contribution in [0.2, 0.25) is 0 Å². The van der Waals surface area contributed by atoms with Crippen LogP contribution in [-0.4, -0.2) is 5.11 Å². The van der Waals surface area contributed by atoms with E-state index in [1.807, 2.05) is 12.1 Å². The maximum Gasteiger partial charge on any atom is 0.115 e. The van der Waals surface area contributed by atoms with Gasteiger partial charge < -0.3 is 10.4 Å². The first kappa shape index (κ1) is 14.6. The smallest absolute Gasteiger partial charge is 0.115 e. The third-order valence-electron chi connectivity index (χ3n) is 3.69. The molecule has 2 aromatic carbocycles. The van der Waals surface area contributed by atoms with Crippen LogP contribution >= 0.6 is 0 Å². The van der Waals surface area contributed by atoms with Crippen LogP contribution < -0.4 is 5.32 Å². The van der Waals surface area contributed by atoms with Gasteiger partial charge in [-0.25, -0.2) is 0 Å². The number of benzene rings is 2. The Morgan fingerprint density at radius 2 is 1.50 bits per heavy atom. The van der Waals surface area contributed by atoms with E-state index in [4.69, 9.17) is 0 Å². The Bertz CT molecular complexity index is 516. The van der Waals surface area contributed by atoms with Crippen LogP contribution in [0.3, 0.4) is 0 Å². The van der Waals surface area contributed by atoms with Crippen molar-refractivity contribution in [3.63, 3.8) is 0 Å². The highest BCUT2D eigenvalue weighted by Crippen LogP contribution is 2.18. The van der Waals surface area contributed by atoms with Crippen LogP contribution in [-0.2, 0) is 13.0 Å². The fourth-order valence-corrected chi connectivity index (χ4v) is 2.34. The van der Waals surface area contributed by atoms with Crippen LogP contribution in [0.15, 0.2) is 48.5 Å². The van der Waals surface area contributed by atoms with Crippen LogP contribution in [0.25, 0.3) is 0 Å². The van der Waals surface area contributed by atoms with Gasteiger partial charge in [0.05, 0.1) is 0 Å². The Morgan fingerprint density at radius 1 is 0.900 bits per heavy atom. The van der Waals surface area contributed by atoms with Gasteiger partial charge in [0.1, 0.15) is 5.75 Å². The summed E-state index contributed by atoms with van der Waals surface area (Å²) in [7, 11) is 0. The van der Waals surface area contributed by atoms with Crippen LogP contribution in [0.4, 0.5) is 0 Å². The first-order valence-electron chi connectivity index (χ1n) is 7.33. The molecule has 2 aromatic rings. The Morgan fingerprint density at radius 3 is 2.05 bits per heavy atom. The summed E-state index contributed by atoms with van der Waals surface area (Å²) in [5.41, 5.74) is 3.90. The molecule has 0 fully saturated rings. The topological polar surface area (TPSA) is 32.3 Å². The minimum absolute atomic E-state index is 0.316. The van der Waals surface area contributed by atoms with Crippen molar-refractivity contribution >= 4 is 0 Å². The third kappa shape index (κ3) is 3.84. The first-order chi connectivity index (χ1) is 9.72. The second kappa shape index (κ2) is 7.11. The predicted molar refractivity (Wildman–Crippen MR) is 83.8 cm³/mol. The van der Waals surface area contributed by atoms with E-state index in [0.29, 0.717) is 11.8 Å². The quantitative estimate of drug-likeness (QED) is 0.824. The van der Waals surface area contributed by atoms with E-state index >= 15 is 0 Å². The molecule has 2 heteroatoms. The zero-order valence-corrected chi connectivity index (χ0v) is 12.3. The fourth-order valence-electron chi connectivity index (χ4n) is 2.34. The molecular weight excluding hydrogens is 246 g/mol. The number of rotatable bonds is 6. The van der Waals surface area contributed by atoms with Crippen molar-refractivity contribution in [2.24, 2.45) is 0 Å². The van der Waals surface area contributed by atoms with Crippen molar-refractivity contribution in [1.29, 1.82) is 0 Å². The summed E-state index contributed by atoms with van der Waals surface area (Å²) in [6, 6.07) is 16.6. The molecule has 0 radical (unpaired) electrons. The predicted octanol–water partition coefficient (Wildman–Crippen LogP) is 4.20. The van der Waals surface area contributed by atoms with Crippen LogP contribution in [0.1, 0.15) is 43.0 Å². The summed E-state index contributed by atoms with van der Waals surface area (Å²) in [5.74, 6) is 0.316. The van der Waals surface area contributed by atoms with Crippen molar-refractivity contribution in [2.75, 3.05) is 0 Å². The van der Waals surface area contributed by atoms with Crippen molar-refractivity contribution in [3.05, 3.63) is 65.2 Å². The Labute approximate surface area is 121 Å². The number of hydrogen-bond acceptors (Lipinski definition) is 2. The largest absolute Gasteiger partial charge is 0.508 e. The van der Waals surface area contributed by atoms with Gasteiger partial charge >= 0.3 is 0 Å². The molecule has 2 N–H and O–H groups in total. The number of phenols is 1. The number of aromatic hydroxyl groups is 1. The molecule has 1 atom stereocenters. The van der Waals surface area contributed by atoms with Gasteiger partial charge in [-0.3, -0.25) is 0 Å². The van der Waals surface area contributed by atoms with E-state index in [1.54, 1.807) is 12.1 Å². The van der Waals surface area contributed by atoms with E-state index in [1.165, 1.54) is 16.7 Å². The lowest BCUT2D eigenvalue weighted by Crippen LogP contribution is -2.20. The lowest BCUT2D eigenvalue weighted by atomic mass is 10.0. The molecule has 0 aliphatic carbocycles. The van der Waals surface area contributed by atoms with Crippen LogP contribution in [0, 0.1) is 0 Å². The number of hydrogen-bond donors (Lipinski definition) is 2. The highest BCUT2D eigenvalue weighted by molar-refractivity contribution is 5.27. The van der Waals surface area contributed by atoms with Gasteiger partial charge in [0.25, 0.3) is 0 Å². The SMILES string of the molecule is CCc1ccc(C(CC)NCc2ccc(O)cc2)cc1. The van der Waals surface area contributed by atoms with Gasteiger partial charge in [0.15, 0.2) is 0 Å². The maximum absolute atomic E-state index is 9.29. The molecule has 2 nitrogen and oxygen atoms in total. The molecule has 0 saturated heterocycles. The summed E-state index contributed by atoms with van der Waals surface area (Å²) < 4.78 is 0. The van der Waals surface area contributed by atoms with Crippen molar-refractivity contribution in [1.82, 2.24) is 5.32 Å². The molecule has 0 aliphatic heterocycles. The average Bonchev–Trinajstić information content (AvgIpc) is 2.50. The molecule has 0 amide bonds. The van der Waals surface area contributed by atoms with E-state index < -0.39 is 0 Å². The van der Waals surface area contributed by atoms with E-state index in [2.05, 4.69) is 43.4 Å². The molecule has 0 aromatic heterocycles. The minimum Gasteiger partial charge on any atom is -0.508 e. The van der Waals surface area contributed by atoms with Gasteiger partial charge in [-0.15, -0.1) is 0 Å². The highest BCUT2D eigenvalue weighted by Gasteiger charge is 2.08. The zero-order chi connectivity index (χ0) is 14.4. The van der Waals surface area contributed by atoms with Crippen molar-refractivity contribution < 1.29 is 5.11 Å². The molecular formula is C18H23NO. The molecule has 0 bridgehead atoms. The van der Waals surface area contributed by atoms with Gasteiger partial charge in [-0.2, -0.15) is 0 Å². The molecule has 0 spiro atoms. The number of phenolic OH excluding ortho intramolecular Hbond substituents is 1. The molecule has 20 heavy (non-hydrogen) atoms. The molecule has 106 valence electrons. The Balaban J connectivity index is 1.99. The minimum atomic E-state index is 0.316. The van der Waals surface area contributed by atoms with Crippen molar-refractivity contribution in [3.8, 4) is 5.75 Å². The summed E-state index contributed by atoms with van der Waals surface area (Å²) in [4.78, 5) is 0. The van der Waals surface area contributed by atoms with Gasteiger partial charge in [0.2, 0.25) is 0 Å². The van der Waals surface area contributed by atoms with Crippen LogP contribution in [0.5, 0.6) is 5.75 Å². The van der Waals surface area contributed by atoms with E-state index in [-0.39, 0.29) is 0 Å². The standard InChI is InChI=1S/C18H23NO/c1-3-14-5-9-16(10-6-14)18(4-2)19-13-15-7-11-17(20)12-8-15/h5-12,18-20H,3-4,13H2,1-2H3. The van der Waals surface area contributed by atoms with E-state index in [9.17, 15) is 5.11 Å². The Hall–Kier alpha value is -1.80. The maximum atomic E-state index is 9.29. The Kier molecular flexibility index (Phi) is 5.19. The summed E-state index contributed by atoms with van der Waals surface area (Å²) in [5, 5.41) is 12.9. The van der Waals surface area contributed by atoms with E-state index in [0.717, 1.165) is 19.4 Å². The number of nitrogens with one attached hydrogen (secondary N) is 1. The number of aryl methyl sites for hydroxylation is 1. The second-order valence-electron chi connectivity index (χ2n) is 5.10. The fraction of sp³-hybridized carbons (Fsp3) is 0.333. The summed E-state index contributed by atoms with van der Waals surface area (Å²) in [6.45, 7) is 5.19. The lowest BCUT2D eigenvalue weighted by Gasteiger charge is -2.18. The first-order valence-corrected chi connectivity index (χ1v) is 7.33. The molecule has 0 aliphatic rings. The second-order valence-corrected chi connectivity index (χ2v) is 5.10. The van der Waals surface area contributed by atoms with Gasteiger partial charge in [-0.1, -0.05) is 50.2 Å². The average molecular weight is 269 g/mol. The molecule has 0 saturated carbocycles. The monoisotopic (exact) mass is 269 g/mol. The van der Waals surface area contributed by atoms with Crippen molar-refractivity contribution in [2.45, 2.75) is 39.3 Å². The highest BCUT2D eigenvalue weighted by atomic mass is 16.3. The van der Waals surface area contributed by atoms with Gasteiger partial charge in [-0.05, 0) is 41.7 Å². The molecule has 1 unspecified atom stereocenters.